The first kappa shape index (κ1) is 11.1. The van der Waals surface area contributed by atoms with Gasteiger partial charge in [0.1, 0.15) is 15.7 Å². The lowest BCUT2D eigenvalue weighted by Gasteiger charge is -2.10. The molecule has 0 aliphatic heterocycles. The van der Waals surface area contributed by atoms with Crippen LogP contribution in [-0.4, -0.2) is 15.7 Å². The van der Waals surface area contributed by atoms with Crippen molar-refractivity contribution < 1.29 is 0 Å². The molecule has 2 heteroatoms. The Bertz CT molecular complexity index is 490. The summed E-state index contributed by atoms with van der Waals surface area (Å²) in [4.78, 5) is 0. The first-order chi connectivity index (χ1) is 7.58. The van der Waals surface area contributed by atoms with Gasteiger partial charge in [-0.25, -0.2) is 0 Å². The van der Waals surface area contributed by atoms with Crippen LogP contribution < -0.4 is 10.9 Å². The summed E-state index contributed by atoms with van der Waals surface area (Å²) in [5.74, 6) is 0. The molecule has 0 nitrogen and oxygen atoms in total. The standard InChI is InChI=1S/C14H12B2/c1-9-3-5-11(6-4-9)12-7-13(15)10(2)14(16)8-12/h3-8H,1-2H3. The van der Waals surface area contributed by atoms with Gasteiger partial charge < -0.3 is 0 Å². The van der Waals surface area contributed by atoms with Gasteiger partial charge >= 0.3 is 0 Å². The van der Waals surface area contributed by atoms with Crippen molar-refractivity contribution in [2.45, 2.75) is 13.8 Å². The molecule has 0 aromatic heterocycles. The van der Waals surface area contributed by atoms with Gasteiger partial charge in [0.25, 0.3) is 0 Å². The van der Waals surface area contributed by atoms with Gasteiger partial charge in [-0.1, -0.05) is 58.5 Å². The molecule has 16 heavy (non-hydrogen) atoms. The average Bonchev–Trinajstić information content (AvgIpc) is 2.26. The molecule has 0 saturated heterocycles. The molecule has 0 atom stereocenters. The monoisotopic (exact) mass is 202 g/mol. The van der Waals surface area contributed by atoms with Crippen molar-refractivity contribution >= 4 is 26.6 Å². The minimum absolute atomic E-state index is 0.746. The minimum atomic E-state index is 0.746. The Morgan fingerprint density at radius 3 is 1.75 bits per heavy atom. The van der Waals surface area contributed by atoms with Crippen LogP contribution in [0.4, 0.5) is 0 Å². The van der Waals surface area contributed by atoms with Crippen molar-refractivity contribution in [1.82, 2.24) is 0 Å². The van der Waals surface area contributed by atoms with Gasteiger partial charge in [0, 0.05) is 0 Å². The maximum atomic E-state index is 5.91. The predicted molar refractivity (Wildman–Crippen MR) is 72.1 cm³/mol. The highest BCUT2D eigenvalue weighted by Crippen LogP contribution is 2.18. The van der Waals surface area contributed by atoms with E-state index in [1.807, 2.05) is 19.1 Å². The Hall–Kier alpha value is -1.43. The van der Waals surface area contributed by atoms with Crippen molar-refractivity contribution in [2.24, 2.45) is 0 Å². The molecule has 0 amide bonds. The Labute approximate surface area is 99.5 Å². The lowest BCUT2D eigenvalue weighted by molar-refractivity contribution is 1.47. The highest BCUT2D eigenvalue weighted by molar-refractivity contribution is 6.40. The summed E-state index contributed by atoms with van der Waals surface area (Å²) in [5, 5.41) is 0. The van der Waals surface area contributed by atoms with Gasteiger partial charge in [0.15, 0.2) is 0 Å². The van der Waals surface area contributed by atoms with Gasteiger partial charge in [-0.2, -0.15) is 0 Å². The van der Waals surface area contributed by atoms with Crippen molar-refractivity contribution in [3.63, 3.8) is 0 Å². The highest BCUT2D eigenvalue weighted by Gasteiger charge is 2.02. The zero-order chi connectivity index (χ0) is 11.7. The van der Waals surface area contributed by atoms with Crippen LogP contribution in [0.3, 0.4) is 0 Å². The molecule has 2 rings (SSSR count). The van der Waals surface area contributed by atoms with Crippen LogP contribution in [0.25, 0.3) is 11.1 Å². The van der Waals surface area contributed by atoms with E-state index in [0.29, 0.717) is 0 Å². The zero-order valence-corrected chi connectivity index (χ0v) is 9.62. The SMILES string of the molecule is [B]c1cc(-c2ccc(C)cc2)cc([B])c1C. The molecule has 0 saturated carbocycles. The zero-order valence-electron chi connectivity index (χ0n) is 9.62. The molecule has 0 spiro atoms. The molecule has 0 heterocycles. The van der Waals surface area contributed by atoms with E-state index in [2.05, 4.69) is 31.2 Å². The van der Waals surface area contributed by atoms with Crippen LogP contribution in [0.5, 0.6) is 0 Å². The smallest absolute Gasteiger partial charge is 0.0938 e. The average molecular weight is 202 g/mol. The number of aryl methyl sites for hydroxylation is 1. The largest absolute Gasteiger partial charge is 0.114 e. The molecule has 0 aliphatic carbocycles. The number of hydrogen-bond acceptors (Lipinski definition) is 0. The maximum absolute atomic E-state index is 5.91. The second-order valence-electron chi connectivity index (χ2n) is 4.15. The van der Waals surface area contributed by atoms with Crippen LogP contribution >= 0.6 is 0 Å². The lowest BCUT2D eigenvalue weighted by Crippen LogP contribution is -2.20. The number of benzene rings is 2. The summed E-state index contributed by atoms with van der Waals surface area (Å²) >= 11 is 0. The normalized spacial score (nSPS) is 10.4. The van der Waals surface area contributed by atoms with Crippen LogP contribution in [0.1, 0.15) is 11.1 Å². The van der Waals surface area contributed by atoms with E-state index in [1.165, 1.54) is 5.56 Å². The van der Waals surface area contributed by atoms with Gasteiger partial charge in [0.05, 0.1) is 0 Å². The van der Waals surface area contributed by atoms with E-state index in [4.69, 9.17) is 15.7 Å². The summed E-state index contributed by atoms with van der Waals surface area (Å²) in [7, 11) is 11.8. The molecular formula is C14H12B2. The Morgan fingerprint density at radius 1 is 0.750 bits per heavy atom. The predicted octanol–water partition coefficient (Wildman–Crippen LogP) is 1.56. The molecule has 2 aromatic rings. The molecular weight excluding hydrogens is 190 g/mol. The third-order valence-electron chi connectivity index (χ3n) is 2.87. The summed E-state index contributed by atoms with van der Waals surface area (Å²) < 4.78 is 0. The first-order valence-corrected chi connectivity index (χ1v) is 5.30. The van der Waals surface area contributed by atoms with Crippen LogP contribution in [0.2, 0.25) is 0 Å². The maximum Gasteiger partial charge on any atom is 0.114 e. The molecule has 74 valence electrons. The van der Waals surface area contributed by atoms with Crippen LogP contribution in [-0.2, 0) is 0 Å². The third-order valence-corrected chi connectivity index (χ3v) is 2.87. The quantitative estimate of drug-likeness (QED) is 0.615. The fourth-order valence-electron chi connectivity index (χ4n) is 1.67. The Kier molecular flexibility index (Phi) is 2.91. The van der Waals surface area contributed by atoms with Crippen molar-refractivity contribution in [2.75, 3.05) is 0 Å². The summed E-state index contributed by atoms with van der Waals surface area (Å²) in [6.45, 7) is 4.01. The molecule has 0 unspecified atom stereocenters. The van der Waals surface area contributed by atoms with Crippen molar-refractivity contribution in [3.05, 3.63) is 47.5 Å². The molecule has 0 bridgehead atoms. The van der Waals surface area contributed by atoms with Gasteiger partial charge in [-0.3, -0.25) is 0 Å². The van der Waals surface area contributed by atoms with E-state index in [9.17, 15) is 0 Å². The fourth-order valence-corrected chi connectivity index (χ4v) is 1.67. The molecule has 0 fully saturated rings. The number of hydrogen-bond donors (Lipinski definition) is 0. The van der Waals surface area contributed by atoms with Crippen molar-refractivity contribution in [1.29, 1.82) is 0 Å². The fraction of sp³-hybridized carbons (Fsp3) is 0.143. The summed E-state index contributed by atoms with van der Waals surface area (Å²) in [6, 6.07) is 12.3. The lowest BCUT2D eigenvalue weighted by atomic mass is 9.79. The van der Waals surface area contributed by atoms with Crippen LogP contribution in [0.15, 0.2) is 36.4 Å². The molecule has 0 aliphatic rings. The Morgan fingerprint density at radius 2 is 1.25 bits per heavy atom. The first-order valence-electron chi connectivity index (χ1n) is 5.30. The van der Waals surface area contributed by atoms with Gasteiger partial charge in [-0.05, 0) is 25.0 Å². The summed E-state index contributed by atoms with van der Waals surface area (Å²) in [6.07, 6.45) is 0. The van der Waals surface area contributed by atoms with E-state index in [-0.39, 0.29) is 0 Å². The topological polar surface area (TPSA) is 0 Å². The van der Waals surface area contributed by atoms with Gasteiger partial charge in [0.2, 0.25) is 0 Å². The molecule has 2 aromatic carbocycles. The third kappa shape index (κ3) is 2.06. The van der Waals surface area contributed by atoms with Crippen LogP contribution in [0, 0.1) is 13.8 Å². The second-order valence-corrected chi connectivity index (χ2v) is 4.15. The molecule has 0 N–H and O–H groups in total. The minimum Gasteiger partial charge on any atom is -0.0938 e. The van der Waals surface area contributed by atoms with E-state index < -0.39 is 0 Å². The second kappa shape index (κ2) is 4.21. The Balaban J connectivity index is 2.52. The van der Waals surface area contributed by atoms with E-state index in [1.54, 1.807) is 0 Å². The summed E-state index contributed by atoms with van der Waals surface area (Å²) in [5.41, 5.74) is 5.91. The number of rotatable bonds is 1. The molecule has 4 radical (unpaired) electrons. The van der Waals surface area contributed by atoms with Crippen molar-refractivity contribution in [3.8, 4) is 11.1 Å². The highest BCUT2D eigenvalue weighted by atomic mass is 14.0. The van der Waals surface area contributed by atoms with E-state index in [0.717, 1.165) is 27.6 Å². The van der Waals surface area contributed by atoms with Gasteiger partial charge in [-0.15, -0.1) is 0 Å². The van der Waals surface area contributed by atoms with E-state index >= 15 is 0 Å².